The van der Waals surface area contributed by atoms with E-state index in [1.165, 1.54) is 38.6 Å². The van der Waals surface area contributed by atoms with Crippen LogP contribution in [0.2, 0.25) is 0 Å². The van der Waals surface area contributed by atoms with E-state index in [-0.39, 0.29) is 0 Å². The highest BCUT2D eigenvalue weighted by molar-refractivity contribution is 5.93. The van der Waals surface area contributed by atoms with Crippen molar-refractivity contribution in [3.63, 3.8) is 0 Å². The van der Waals surface area contributed by atoms with Crippen molar-refractivity contribution in [2.45, 2.75) is 19.8 Å². The number of nitrogens with zero attached hydrogens (tertiary/aromatic N) is 1. The normalized spacial score (nSPS) is 14.2. The smallest absolute Gasteiger partial charge is 0.122 e. The van der Waals surface area contributed by atoms with Gasteiger partial charge < -0.3 is 14.2 Å². The Morgan fingerprint density at radius 2 is 1.58 bits per heavy atom. The highest BCUT2D eigenvalue weighted by Gasteiger charge is 2.16. The number of hydrogen-bond acceptors (Lipinski definition) is 4. The zero-order valence-electron chi connectivity index (χ0n) is 21.3. The second kappa shape index (κ2) is 11.6. The lowest BCUT2D eigenvalue weighted by molar-refractivity contribution is 0.0322. The molecule has 0 unspecified atom stereocenters. The third kappa shape index (κ3) is 5.40. The van der Waals surface area contributed by atoms with Crippen molar-refractivity contribution in [2.24, 2.45) is 0 Å². The van der Waals surface area contributed by atoms with Crippen molar-refractivity contribution in [2.75, 3.05) is 46.6 Å². The average Bonchev–Trinajstić information content (AvgIpc) is 2.94. The third-order valence-electron chi connectivity index (χ3n) is 7.12. The quantitative estimate of drug-likeness (QED) is 0.278. The van der Waals surface area contributed by atoms with E-state index in [0.29, 0.717) is 6.61 Å². The Balaban J connectivity index is 1.41. The fourth-order valence-corrected chi connectivity index (χ4v) is 5.18. The molecule has 0 N–H and O–H groups in total. The summed E-state index contributed by atoms with van der Waals surface area (Å²) in [7, 11) is 1.75. The van der Waals surface area contributed by atoms with Crippen LogP contribution in [0.1, 0.15) is 23.6 Å². The Bertz CT molecular complexity index is 1290. The average molecular weight is 482 g/mol. The molecule has 5 rings (SSSR count). The van der Waals surface area contributed by atoms with Gasteiger partial charge in [0, 0.05) is 25.2 Å². The highest BCUT2D eigenvalue weighted by Crippen LogP contribution is 2.37. The van der Waals surface area contributed by atoms with Gasteiger partial charge in [-0.05, 0) is 64.1 Å². The van der Waals surface area contributed by atoms with E-state index in [2.05, 4.69) is 90.7 Å². The molecule has 1 heterocycles. The molecule has 1 fully saturated rings. The van der Waals surface area contributed by atoms with E-state index < -0.39 is 0 Å². The van der Waals surface area contributed by atoms with Gasteiger partial charge in [-0.15, -0.1) is 0 Å². The van der Waals surface area contributed by atoms with Crippen LogP contribution in [0.5, 0.6) is 11.5 Å². The van der Waals surface area contributed by atoms with Crippen molar-refractivity contribution < 1.29 is 14.2 Å². The number of morpholine rings is 1. The molecule has 0 aromatic heterocycles. The lowest BCUT2D eigenvalue weighted by atomic mass is 9.87. The molecule has 0 bridgehead atoms. The minimum Gasteiger partial charge on any atom is -0.496 e. The molecule has 0 amide bonds. The van der Waals surface area contributed by atoms with Gasteiger partial charge in [-0.25, -0.2) is 0 Å². The lowest BCUT2D eigenvalue weighted by Gasteiger charge is -2.26. The van der Waals surface area contributed by atoms with Gasteiger partial charge in [-0.3, -0.25) is 4.90 Å². The van der Waals surface area contributed by atoms with Crippen molar-refractivity contribution in [3.8, 4) is 22.6 Å². The number of fused-ring (bicyclic) bond motifs is 1. The largest absolute Gasteiger partial charge is 0.496 e. The second-order valence-corrected chi connectivity index (χ2v) is 9.28. The molecule has 4 aromatic carbocycles. The highest BCUT2D eigenvalue weighted by atomic mass is 16.5. The maximum atomic E-state index is 6.04. The van der Waals surface area contributed by atoms with E-state index in [9.17, 15) is 0 Å². The van der Waals surface area contributed by atoms with E-state index >= 15 is 0 Å². The molecule has 0 aliphatic carbocycles. The van der Waals surface area contributed by atoms with Crippen molar-refractivity contribution in [3.05, 3.63) is 95.6 Å². The van der Waals surface area contributed by atoms with Crippen LogP contribution in [-0.2, 0) is 17.6 Å². The molecule has 1 aliphatic heterocycles. The molecular formula is C32H35NO3. The summed E-state index contributed by atoms with van der Waals surface area (Å²) in [5.74, 6) is 1.87. The molecule has 4 aromatic rings. The number of benzene rings is 4. The summed E-state index contributed by atoms with van der Waals surface area (Å²) in [4.78, 5) is 2.39. The van der Waals surface area contributed by atoms with Gasteiger partial charge >= 0.3 is 0 Å². The fourth-order valence-electron chi connectivity index (χ4n) is 5.18. The summed E-state index contributed by atoms with van der Waals surface area (Å²) in [6, 6.07) is 28.1. The molecule has 1 aliphatic rings. The van der Waals surface area contributed by atoms with E-state index in [1.54, 1.807) is 7.11 Å². The topological polar surface area (TPSA) is 30.9 Å². The molecule has 36 heavy (non-hydrogen) atoms. The predicted octanol–water partition coefficient (Wildman–Crippen LogP) is 6.38. The first-order valence-electron chi connectivity index (χ1n) is 13.0. The van der Waals surface area contributed by atoms with Gasteiger partial charge in [0.1, 0.15) is 18.1 Å². The Morgan fingerprint density at radius 3 is 2.36 bits per heavy atom. The molecule has 1 saturated heterocycles. The van der Waals surface area contributed by atoms with Crippen LogP contribution in [0, 0.1) is 0 Å². The number of ether oxygens (including phenoxy) is 3. The first-order chi connectivity index (χ1) is 17.8. The van der Waals surface area contributed by atoms with Crippen molar-refractivity contribution >= 4 is 10.8 Å². The molecule has 0 spiro atoms. The van der Waals surface area contributed by atoms with Gasteiger partial charge in [-0.2, -0.15) is 0 Å². The molecule has 4 heteroatoms. The Hall–Kier alpha value is -3.34. The fraction of sp³-hybridized carbons (Fsp3) is 0.312. The van der Waals surface area contributed by atoms with Crippen LogP contribution in [0.4, 0.5) is 0 Å². The van der Waals surface area contributed by atoms with Crippen LogP contribution in [-0.4, -0.2) is 51.5 Å². The zero-order valence-corrected chi connectivity index (χ0v) is 21.3. The minimum atomic E-state index is 0.697. The van der Waals surface area contributed by atoms with E-state index in [1.807, 2.05) is 0 Å². The van der Waals surface area contributed by atoms with Crippen molar-refractivity contribution in [1.29, 1.82) is 0 Å². The number of hydrogen-bond donors (Lipinski definition) is 0. The first-order valence-corrected chi connectivity index (χ1v) is 13.0. The Labute approximate surface area is 214 Å². The van der Waals surface area contributed by atoms with Crippen LogP contribution in [0.25, 0.3) is 21.9 Å². The molecular weight excluding hydrogens is 446 g/mol. The monoisotopic (exact) mass is 481 g/mol. The van der Waals surface area contributed by atoms with Gasteiger partial charge in [0.15, 0.2) is 0 Å². The first kappa shape index (κ1) is 24.4. The maximum absolute atomic E-state index is 6.04. The summed E-state index contributed by atoms with van der Waals surface area (Å²) in [5.41, 5.74) is 6.39. The Morgan fingerprint density at radius 1 is 0.806 bits per heavy atom. The minimum absolute atomic E-state index is 0.697. The molecule has 186 valence electrons. The number of methoxy groups -OCH3 is 1. The Kier molecular flexibility index (Phi) is 7.85. The third-order valence-corrected chi connectivity index (χ3v) is 7.12. The van der Waals surface area contributed by atoms with E-state index in [4.69, 9.17) is 14.2 Å². The van der Waals surface area contributed by atoms with Gasteiger partial charge in [0.05, 0.1) is 20.3 Å². The molecule has 0 saturated carbocycles. The van der Waals surface area contributed by atoms with Gasteiger partial charge in [0.25, 0.3) is 0 Å². The maximum Gasteiger partial charge on any atom is 0.122 e. The summed E-state index contributed by atoms with van der Waals surface area (Å²) >= 11 is 0. The SMILES string of the molecule is CCc1c(OC)cccc1-c1ccc2ccccc2c1Cc1ccc(OCCN2CCOCC2)cc1. The van der Waals surface area contributed by atoms with E-state index in [0.717, 1.165) is 57.2 Å². The summed E-state index contributed by atoms with van der Waals surface area (Å²) in [6.45, 7) is 7.44. The van der Waals surface area contributed by atoms with Crippen LogP contribution < -0.4 is 9.47 Å². The standard InChI is InChI=1S/C32H35NO3/c1-3-27-29(9-6-10-32(27)34-2)30-16-13-25-7-4-5-8-28(25)31(30)23-24-11-14-26(15-12-24)36-22-19-33-17-20-35-21-18-33/h4-16H,3,17-23H2,1-2H3. The van der Waals surface area contributed by atoms with Gasteiger partial charge in [0.2, 0.25) is 0 Å². The van der Waals surface area contributed by atoms with Crippen molar-refractivity contribution in [1.82, 2.24) is 4.90 Å². The van der Waals surface area contributed by atoms with Crippen LogP contribution >= 0.6 is 0 Å². The van der Waals surface area contributed by atoms with Crippen LogP contribution in [0.3, 0.4) is 0 Å². The lowest BCUT2D eigenvalue weighted by Crippen LogP contribution is -2.38. The van der Waals surface area contributed by atoms with Crippen LogP contribution in [0.15, 0.2) is 78.9 Å². The summed E-state index contributed by atoms with van der Waals surface area (Å²) in [5, 5.41) is 2.56. The molecule has 4 nitrogen and oxygen atoms in total. The predicted molar refractivity (Wildman–Crippen MR) is 147 cm³/mol. The zero-order chi connectivity index (χ0) is 24.7. The summed E-state index contributed by atoms with van der Waals surface area (Å²) in [6.07, 6.45) is 1.77. The molecule has 0 radical (unpaired) electrons. The molecule has 0 atom stereocenters. The number of rotatable bonds is 9. The van der Waals surface area contributed by atoms with Gasteiger partial charge in [-0.1, -0.05) is 67.6 Å². The second-order valence-electron chi connectivity index (χ2n) is 9.28. The summed E-state index contributed by atoms with van der Waals surface area (Å²) < 4.78 is 17.2.